The van der Waals surface area contributed by atoms with E-state index in [-0.39, 0.29) is 0 Å². The summed E-state index contributed by atoms with van der Waals surface area (Å²) in [7, 11) is 2.19. The molecule has 4 heteroatoms. The monoisotopic (exact) mass is 312 g/mol. The van der Waals surface area contributed by atoms with Crippen LogP contribution < -0.4 is 0 Å². The second kappa shape index (κ2) is 6.04. The number of nitrogens with zero attached hydrogens (tertiary/aromatic N) is 2. The SMILES string of the molecule is CC1CN(C)CCCN1Cc1ccc(O)c(Br)c1. The van der Waals surface area contributed by atoms with Gasteiger partial charge in [0.15, 0.2) is 0 Å². The summed E-state index contributed by atoms with van der Waals surface area (Å²) in [6.07, 6.45) is 1.22. The third-order valence-electron chi connectivity index (χ3n) is 3.58. The van der Waals surface area contributed by atoms with E-state index in [4.69, 9.17) is 0 Å². The summed E-state index contributed by atoms with van der Waals surface area (Å²) in [4.78, 5) is 4.92. The van der Waals surface area contributed by atoms with Crippen molar-refractivity contribution in [1.82, 2.24) is 9.80 Å². The summed E-state index contributed by atoms with van der Waals surface area (Å²) in [6, 6.07) is 6.34. The molecule has 100 valence electrons. The zero-order valence-electron chi connectivity index (χ0n) is 11.1. The van der Waals surface area contributed by atoms with Crippen molar-refractivity contribution < 1.29 is 5.11 Å². The molecular weight excluding hydrogens is 292 g/mol. The number of aromatic hydroxyl groups is 1. The largest absolute Gasteiger partial charge is 0.507 e. The highest BCUT2D eigenvalue weighted by Crippen LogP contribution is 2.25. The van der Waals surface area contributed by atoms with E-state index in [1.165, 1.54) is 18.5 Å². The van der Waals surface area contributed by atoms with Crippen molar-refractivity contribution in [2.45, 2.75) is 25.9 Å². The van der Waals surface area contributed by atoms with E-state index in [0.717, 1.165) is 24.1 Å². The molecule has 1 fully saturated rings. The first-order valence-electron chi connectivity index (χ1n) is 6.46. The van der Waals surface area contributed by atoms with Gasteiger partial charge in [-0.2, -0.15) is 0 Å². The van der Waals surface area contributed by atoms with Gasteiger partial charge in [-0.3, -0.25) is 4.90 Å². The van der Waals surface area contributed by atoms with E-state index < -0.39 is 0 Å². The van der Waals surface area contributed by atoms with Crippen molar-refractivity contribution in [3.8, 4) is 5.75 Å². The Morgan fingerprint density at radius 2 is 2.17 bits per heavy atom. The fraction of sp³-hybridized carbons (Fsp3) is 0.571. The fourth-order valence-electron chi connectivity index (χ4n) is 2.54. The van der Waals surface area contributed by atoms with E-state index >= 15 is 0 Å². The maximum absolute atomic E-state index is 9.51. The molecule has 1 aromatic carbocycles. The van der Waals surface area contributed by atoms with Gasteiger partial charge in [0, 0.05) is 25.7 Å². The first-order chi connectivity index (χ1) is 8.56. The lowest BCUT2D eigenvalue weighted by Crippen LogP contribution is -2.37. The standard InChI is InChI=1S/C14H21BrN2O/c1-11-9-16(2)6-3-7-17(11)10-12-4-5-14(18)13(15)8-12/h4-5,8,11,18H,3,6-7,9-10H2,1-2H3. The van der Waals surface area contributed by atoms with E-state index in [2.05, 4.69) is 39.7 Å². The third-order valence-corrected chi connectivity index (χ3v) is 4.22. The molecule has 1 aliphatic heterocycles. The van der Waals surface area contributed by atoms with Crippen molar-refractivity contribution in [3.63, 3.8) is 0 Å². The number of hydrogen-bond donors (Lipinski definition) is 1. The minimum atomic E-state index is 0.308. The van der Waals surface area contributed by atoms with Gasteiger partial charge in [0.2, 0.25) is 0 Å². The highest BCUT2D eigenvalue weighted by Gasteiger charge is 2.19. The fourth-order valence-corrected chi connectivity index (χ4v) is 2.97. The molecule has 0 spiro atoms. The molecule has 0 amide bonds. The summed E-state index contributed by atoms with van der Waals surface area (Å²) in [5.74, 6) is 0.308. The molecule has 1 aromatic rings. The Morgan fingerprint density at radius 1 is 1.39 bits per heavy atom. The molecule has 0 aliphatic carbocycles. The highest BCUT2D eigenvalue weighted by atomic mass is 79.9. The lowest BCUT2D eigenvalue weighted by atomic mass is 10.1. The first-order valence-corrected chi connectivity index (χ1v) is 7.25. The number of likely N-dealkylation sites (N-methyl/N-ethyl adjacent to an activating group) is 1. The Hall–Kier alpha value is -0.580. The van der Waals surface area contributed by atoms with Gasteiger partial charge in [-0.15, -0.1) is 0 Å². The number of rotatable bonds is 2. The molecule has 0 bridgehead atoms. The molecule has 1 atom stereocenters. The summed E-state index contributed by atoms with van der Waals surface area (Å²) >= 11 is 3.37. The van der Waals surface area contributed by atoms with Gasteiger partial charge in [-0.25, -0.2) is 0 Å². The van der Waals surface area contributed by atoms with Gasteiger partial charge < -0.3 is 10.0 Å². The normalized spacial score (nSPS) is 22.9. The molecule has 1 aliphatic rings. The van der Waals surface area contributed by atoms with E-state index in [9.17, 15) is 5.11 Å². The molecule has 1 unspecified atom stereocenters. The zero-order chi connectivity index (χ0) is 13.1. The van der Waals surface area contributed by atoms with Crippen molar-refractivity contribution in [2.24, 2.45) is 0 Å². The Labute approximate surface area is 118 Å². The van der Waals surface area contributed by atoms with E-state index in [0.29, 0.717) is 11.8 Å². The van der Waals surface area contributed by atoms with Crippen molar-refractivity contribution in [3.05, 3.63) is 28.2 Å². The molecule has 18 heavy (non-hydrogen) atoms. The quantitative estimate of drug-likeness (QED) is 0.909. The van der Waals surface area contributed by atoms with Crippen LogP contribution in [0.5, 0.6) is 5.75 Å². The molecule has 0 aromatic heterocycles. The molecule has 0 saturated carbocycles. The van der Waals surface area contributed by atoms with Crippen LogP contribution in [0.4, 0.5) is 0 Å². The van der Waals surface area contributed by atoms with Crippen molar-refractivity contribution in [1.29, 1.82) is 0 Å². The predicted octanol–water partition coefficient (Wildman–Crippen LogP) is 2.68. The maximum atomic E-state index is 9.51. The van der Waals surface area contributed by atoms with Crippen molar-refractivity contribution >= 4 is 15.9 Å². The van der Waals surface area contributed by atoms with Gasteiger partial charge in [0.05, 0.1) is 4.47 Å². The van der Waals surface area contributed by atoms with Crippen LogP contribution in [0.1, 0.15) is 18.9 Å². The predicted molar refractivity (Wildman–Crippen MR) is 77.8 cm³/mol. The minimum absolute atomic E-state index is 0.308. The Balaban J connectivity index is 2.05. The number of phenolic OH excluding ortho intramolecular Hbond substituents is 1. The van der Waals surface area contributed by atoms with Crippen LogP contribution >= 0.6 is 15.9 Å². The van der Waals surface area contributed by atoms with Gasteiger partial charge >= 0.3 is 0 Å². The smallest absolute Gasteiger partial charge is 0.129 e. The topological polar surface area (TPSA) is 26.7 Å². The highest BCUT2D eigenvalue weighted by molar-refractivity contribution is 9.10. The molecule has 0 radical (unpaired) electrons. The summed E-state index contributed by atoms with van der Waals surface area (Å²) in [6.45, 7) is 6.69. The van der Waals surface area contributed by atoms with Gasteiger partial charge in [-0.05, 0) is 60.6 Å². The lowest BCUT2D eigenvalue weighted by molar-refractivity contribution is 0.194. The van der Waals surface area contributed by atoms with Gasteiger partial charge in [0.25, 0.3) is 0 Å². The Kier molecular flexibility index (Phi) is 4.65. The number of hydrogen-bond acceptors (Lipinski definition) is 3. The number of halogens is 1. The molecule has 1 N–H and O–H groups in total. The van der Waals surface area contributed by atoms with Crippen LogP contribution in [0.25, 0.3) is 0 Å². The van der Waals surface area contributed by atoms with Crippen molar-refractivity contribution in [2.75, 3.05) is 26.7 Å². The summed E-state index contributed by atoms with van der Waals surface area (Å²) < 4.78 is 0.777. The number of phenols is 1. The van der Waals surface area contributed by atoms with E-state index in [1.807, 2.05) is 12.1 Å². The second-order valence-corrected chi connectivity index (χ2v) is 6.08. The van der Waals surface area contributed by atoms with Crippen LogP contribution in [0.15, 0.2) is 22.7 Å². The summed E-state index contributed by atoms with van der Waals surface area (Å²) in [5.41, 5.74) is 1.25. The lowest BCUT2D eigenvalue weighted by Gasteiger charge is -2.28. The van der Waals surface area contributed by atoms with Crippen LogP contribution in [-0.4, -0.2) is 47.6 Å². The van der Waals surface area contributed by atoms with Crippen LogP contribution in [0.3, 0.4) is 0 Å². The van der Waals surface area contributed by atoms with Crippen LogP contribution in [0, 0.1) is 0 Å². The zero-order valence-corrected chi connectivity index (χ0v) is 12.7. The average molecular weight is 313 g/mol. The van der Waals surface area contributed by atoms with E-state index in [1.54, 1.807) is 6.07 Å². The summed E-state index contributed by atoms with van der Waals surface area (Å²) in [5, 5.41) is 9.51. The third kappa shape index (κ3) is 3.46. The Morgan fingerprint density at radius 3 is 2.89 bits per heavy atom. The molecule has 3 nitrogen and oxygen atoms in total. The van der Waals surface area contributed by atoms with Gasteiger partial charge in [0.1, 0.15) is 5.75 Å². The van der Waals surface area contributed by atoms with Crippen LogP contribution in [0.2, 0.25) is 0 Å². The maximum Gasteiger partial charge on any atom is 0.129 e. The molecule has 1 heterocycles. The molecular formula is C14H21BrN2O. The minimum Gasteiger partial charge on any atom is -0.507 e. The van der Waals surface area contributed by atoms with Crippen LogP contribution in [-0.2, 0) is 6.54 Å². The Bertz CT molecular complexity index is 411. The molecule has 2 rings (SSSR count). The molecule has 1 saturated heterocycles. The average Bonchev–Trinajstić information content (AvgIpc) is 2.46. The first kappa shape index (κ1) is 13.8. The van der Waals surface area contributed by atoms with Gasteiger partial charge in [-0.1, -0.05) is 6.07 Å². The number of benzene rings is 1. The second-order valence-electron chi connectivity index (χ2n) is 5.22.